The van der Waals surface area contributed by atoms with Gasteiger partial charge in [-0.1, -0.05) is 0 Å². The minimum atomic E-state index is -0.813. The highest BCUT2D eigenvalue weighted by Gasteiger charge is 2.13. The Bertz CT molecular complexity index is 244. The molecule has 1 heterocycles. The molecular formula is C8H12N2O2. The van der Waals surface area contributed by atoms with E-state index in [4.69, 9.17) is 10.8 Å². The Morgan fingerprint density at radius 3 is 2.92 bits per heavy atom. The van der Waals surface area contributed by atoms with Crippen molar-refractivity contribution in [2.75, 3.05) is 6.54 Å². The Morgan fingerprint density at radius 2 is 2.50 bits per heavy atom. The first-order chi connectivity index (χ1) is 5.74. The fourth-order valence-electron chi connectivity index (χ4n) is 1.14. The molecule has 0 saturated carbocycles. The molecule has 12 heavy (non-hydrogen) atoms. The number of nitrogens with two attached hydrogens (primary N) is 1. The summed E-state index contributed by atoms with van der Waals surface area (Å²) in [6.07, 6.45) is 3.63. The zero-order valence-corrected chi connectivity index (χ0v) is 6.66. The molecule has 1 unspecified atom stereocenters. The minimum Gasteiger partial charge on any atom is -0.481 e. The number of hydrogen-bond donors (Lipinski definition) is 3. The third-order valence-electron chi connectivity index (χ3n) is 1.80. The van der Waals surface area contributed by atoms with Gasteiger partial charge in [-0.25, -0.2) is 0 Å². The lowest BCUT2D eigenvalue weighted by Gasteiger charge is -2.08. The molecule has 66 valence electrons. The summed E-state index contributed by atoms with van der Waals surface area (Å²) < 4.78 is 0. The van der Waals surface area contributed by atoms with Crippen LogP contribution >= 0.6 is 0 Å². The van der Waals surface area contributed by atoms with Gasteiger partial charge in [0.25, 0.3) is 0 Å². The van der Waals surface area contributed by atoms with Crippen molar-refractivity contribution in [1.82, 2.24) is 4.98 Å². The summed E-state index contributed by atoms with van der Waals surface area (Å²) >= 11 is 0. The van der Waals surface area contributed by atoms with E-state index in [1.165, 1.54) is 0 Å². The van der Waals surface area contributed by atoms with E-state index in [2.05, 4.69) is 4.98 Å². The molecule has 1 rings (SSSR count). The van der Waals surface area contributed by atoms with E-state index in [-0.39, 0.29) is 12.3 Å². The molecule has 1 aromatic heterocycles. The second-order valence-electron chi connectivity index (χ2n) is 2.67. The number of carbonyl (C=O) groups is 1. The van der Waals surface area contributed by atoms with Crippen molar-refractivity contribution in [3.63, 3.8) is 0 Å². The summed E-state index contributed by atoms with van der Waals surface area (Å²) in [7, 11) is 0. The predicted molar refractivity (Wildman–Crippen MR) is 44.8 cm³/mol. The van der Waals surface area contributed by atoms with E-state index in [9.17, 15) is 4.79 Å². The molecule has 0 aromatic carbocycles. The first-order valence-corrected chi connectivity index (χ1v) is 3.78. The van der Waals surface area contributed by atoms with Gasteiger partial charge in [-0.2, -0.15) is 0 Å². The number of hydrogen-bond acceptors (Lipinski definition) is 2. The van der Waals surface area contributed by atoms with Gasteiger partial charge in [0.2, 0.25) is 0 Å². The lowest BCUT2D eigenvalue weighted by molar-refractivity contribution is -0.137. The first kappa shape index (κ1) is 8.80. The van der Waals surface area contributed by atoms with Gasteiger partial charge in [0.15, 0.2) is 0 Å². The number of aromatic nitrogens is 1. The molecule has 1 aromatic rings. The van der Waals surface area contributed by atoms with E-state index in [1.54, 1.807) is 12.4 Å². The zero-order chi connectivity index (χ0) is 8.97. The molecule has 4 nitrogen and oxygen atoms in total. The molecule has 0 spiro atoms. The van der Waals surface area contributed by atoms with E-state index in [0.717, 1.165) is 5.56 Å². The van der Waals surface area contributed by atoms with Gasteiger partial charge in [-0.3, -0.25) is 4.79 Å². The van der Waals surface area contributed by atoms with Crippen LogP contribution in [0.4, 0.5) is 0 Å². The maximum atomic E-state index is 10.4. The number of aliphatic carboxylic acids is 1. The van der Waals surface area contributed by atoms with Crippen molar-refractivity contribution < 1.29 is 9.90 Å². The summed E-state index contributed by atoms with van der Waals surface area (Å²) in [5, 5.41) is 8.55. The Hall–Kier alpha value is -1.29. The number of nitrogens with one attached hydrogen (secondary N) is 1. The molecule has 0 saturated heterocycles. The summed E-state index contributed by atoms with van der Waals surface area (Å²) in [4.78, 5) is 13.3. The quantitative estimate of drug-likeness (QED) is 0.613. The van der Waals surface area contributed by atoms with Crippen molar-refractivity contribution in [3.05, 3.63) is 24.0 Å². The van der Waals surface area contributed by atoms with Crippen LogP contribution in [-0.2, 0) is 4.79 Å². The topological polar surface area (TPSA) is 79.1 Å². The average molecular weight is 168 g/mol. The van der Waals surface area contributed by atoms with Crippen molar-refractivity contribution >= 4 is 5.97 Å². The Balaban J connectivity index is 2.63. The summed E-state index contributed by atoms with van der Waals surface area (Å²) in [5.74, 6) is -0.889. The highest BCUT2D eigenvalue weighted by atomic mass is 16.4. The molecule has 0 amide bonds. The smallest absolute Gasteiger partial charge is 0.304 e. The van der Waals surface area contributed by atoms with Gasteiger partial charge < -0.3 is 15.8 Å². The fraction of sp³-hybridized carbons (Fsp3) is 0.375. The summed E-state index contributed by atoms with van der Waals surface area (Å²) in [5.41, 5.74) is 6.39. The third kappa shape index (κ3) is 2.10. The molecule has 1 atom stereocenters. The number of aromatic amines is 1. The summed E-state index contributed by atoms with van der Waals surface area (Å²) in [6, 6.07) is 1.85. The van der Waals surface area contributed by atoms with Crippen molar-refractivity contribution in [2.45, 2.75) is 12.3 Å². The standard InChI is InChI=1S/C8H12N2O2/c9-4-7(3-8(11)12)6-1-2-10-5-6/h1-2,5,7,10H,3-4,9H2,(H,11,12). The van der Waals surface area contributed by atoms with E-state index < -0.39 is 5.97 Å². The van der Waals surface area contributed by atoms with Gasteiger partial charge in [0.05, 0.1) is 6.42 Å². The van der Waals surface area contributed by atoms with E-state index in [1.807, 2.05) is 6.07 Å². The molecule has 0 bridgehead atoms. The predicted octanol–water partition coefficient (Wildman–Crippen LogP) is 0.532. The second kappa shape index (κ2) is 3.92. The van der Waals surface area contributed by atoms with Crippen LogP contribution in [0.5, 0.6) is 0 Å². The normalized spacial score (nSPS) is 12.8. The van der Waals surface area contributed by atoms with Gasteiger partial charge >= 0.3 is 5.97 Å². The molecule has 0 aliphatic carbocycles. The molecule has 0 aliphatic rings. The SMILES string of the molecule is NCC(CC(=O)O)c1cc[nH]c1. The monoisotopic (exact) mass is 168 g/mol. The number of carboxylic acids is 1. The molecular weight excluding hydrogens is 156 g/mol. The zero-order valence-electron chi connectivity index (χ0n) is 6.66. The number of rotatable bonds is 4. The van der Waals surface area contributed by atoms with Crippen LogP contribution in [0.25, 0.3) is 0 Å². The van der Waals surface area contributed by atoms with Crippen LogP contribution in [0.2, 0.25) is 0 Å². The first-order valence-electron chi connectivity index (χ1n) is 3.78. The van der Waals surface area contributed by atoms with Crippen LogP contribution in [0, 0.1) is 0 Å². The molecule has 0 aliphatic heterocycles. The molecule has 0 radical (unpaired) electrons. The number of H-pyrrole nitrogens is 1. The van der Waals surface area contributed by atoms with Crippen molar-refractivity contribution in [3.8, 4) is 0 Å². The molecule has 4 heteroatoms. The van der Waals surface area contributed by atoms with Crippen LogP contribution < -0.4 is 5.73 Å². The molecule has 4 N–H and O–H groups in total. The average Bonchev–Trinajstić information content (AvgIpc) is 2.51. The number of carboxylic acid groups (broad SMARTS) is 1. The van der Waals surface area contributed by atoms with Gasteiger partial charge in [0, 0.05) is 18.3 Å². The van der Waals surface area contributed by atoms with Crippen molar-refractivity contribution in [2.24, 2.45) is 5.73 Å². The Labute approximate surface area is 70.4 Å². The lowest BCUT2D eigenvalue weighted by Crippen LogP contribution is -2.15. The van der Waals surface area contributed by atoms with Gasteiger partial charge in [-0.05, 0) is 18.2 Å². The fourth-order valence-corrected chi connectivity index (χ4v) is 1.14. The maximum Gasteiger partial charge on any atom is 0.304 e. The Morgan fingerprint density at radius 1 is 1.75 bits per heavy atom. The lowest BCUT2D eigenvalue weighted by atomic mass is 9.99. The van der Waals surface area contributed by atoms with Crippen LogP contribution in [-0.4, -0.2) is 22.6 Å². The van der Waals surface area contributed by atoms with Crippen LogP contribution in [0.1, 0.15) is 17.9 Å². The van der Waals surface area contributed by atoms with Crippen LogP contribution in [0.15, 0.2) is 18.5 Å². The van der Waals surface area contributed by atoms with Gasteiger partial charge in [0.1, 0.15) is 0 Å². The highest BCUT2D eigenvalue weighted by Crippen LogP contribution is 2.17. The van der Waals surface area contributed by atoms with Crippen molar-refractivity contribution in [1.29, 1.82) is 0 Å². The Kier molecular flexibility index (Phi) is 2.88. The van der Waals surface area contributed by atoms with Gasteiger partial charge in [-0.15, -0.1) is 0 Å². The van der Waals surface area contributed by atoms with E-state index in [0.29, 0.717) is 6.54 Å². The molecule has 0 fully saturated rings. The minimum absolute atomic E-state index is 0.0752. The second-order valence-corrected chi connectivity index (χ2v) is 2.67. The largest absolute Gasteiger partial charge is 0.481 e. The third-order valence-corrected chi connectivity index (χ3v) is 1.80. The summed E-state index contributed by atoms with van der Waals surface area (Å²) in [6.45, 7) is 0.365. The van der Waals surface area contributed by atoms with E-state index >= 15 is 0 Å². The van der Waals surface area contributed by atoms with Crippen LogP contribution in [0.3, 0.4) is 0 Å². The highest BCUT2D eigenvalue weighted by molar-refractivity contribution is 5.68. The maximum absolute atomic E-state index is 10.4.